The molecule has 1 aliphatic heterocycles. The molecule has 0 bridgehead atoms. The molecule has 0 aliphatic carbocycles. The third-order valence-electron chi connectivity index (χ3n) is 4.32. The largest absolute Gasteiger partial charge is 0.392 e. The van der Waals surface area contributed by atoms with Crippen LogP contribution in [0, 0.1) is 0 Å². The minimum atomic E-state index is -0.284. The SMILES string of the molecule is CCCc1cc(N2CCN(CC(C)O)CC2C)n2ncnc2n1. The Labute approximate surface area is 136 Å². The van der Waals surface area contributed by atoms with Gasteiger partial charge < -0.3 is 10.0 Å². The number of fused-ring (bicyclic) bond motifs is 1. The van der Waals surface area contributed by atoms with Gasteiger partial charge in [-0.2, -0.15) is 14.6 Å². The molecule has 1 N–H and O–H groups in total. The molecular formula is C16H26N6O. The molecule has 1 fully saturated rings. The third-order valence-corrected chi connectivity index (χ3v) is 4.32. The van der Waals surface area contributed by atoms with Crippen LogP contribution in [0.5, 0.6) is 0 Å². The standard InChI is InChI=1S/C16H26N6O/c1-4-5-14-8-15(22-16(19-14)17-11-18-22)21-7-6-20(9-12(21)2)10-13(3)23/h8,11-13,23H,4-7,9-10H2,1-3H3. The minimum Gasteiger partial charge on any atom is -0.392 e. The van der Waals surface area contributed by atoms with Crippen LogP contribution in [-0.2, 0) is 6.42 Å². The smallest absolute Gasteiger partial charge is 0.254 e. The van der Waals surface area contributed by atoms with Gasteiger partial charge in [0.25, 0.3) is 5.78 Å². The summed E-state index contributed by atoms with van der Waals surface area (Å²) in [7, 11) is 0. The molecule has 7 heteroatoms. The number of anilines is 1. The van der Waals surface area contributed by atoms with Gasteiger partial charge in [-0.25, -0.2) is 4.98 Å². The monoisotopic (exact) mass is 318 g/mol. The zero-order valence-corrected chi connectivity index (χ0v) is 14.2. The average Bonchev–Trinajstić information content (AvgIpc) is 2.95. The Bertz CT molecular complexity index is 655. The number of aromatic nitrogens is 4. The van der Waals surface area contributed by atoms with E-state index in [2.05, 4.69) is 44.8 Å². The fourth-order valence-electron chi connectivity index (χ4n) is 3.35. The fraction of sp³-hybridized carbons (Fsp3) is 0.688. The normalized spacial score (nSPS) is 21.0. The van der Waals surface area contributed by atoms with Crippen LogP contribution in [0.25, 0.3) is 5.78 Å². The summed E-state index contributed by atoms with van der Waals surface area (Å²) < 4.78 is 1.83. The van der Waals surface area contributed by atoms with E-state index in [0.29, 0.717) is 11.8 Å². The Kier molecular flexibility index (Phi) is 4.77. The zero-order chi connectivity index (χ0) is 16.4. The number of aliphatic hydroxyl groups excluding tert-OH is 1. The van der Waals surface area contributed by atoms with Gasteiger partial charge in [0, 0.05) is 44.0 Å². The maximum Gasteiger partial charge on any atom is 0.254 e. The van der Waals surface area contributed by atoms with Crippen molar-refractivity contribution < 1.29 is 5.11 Å². The molecule has 3 heterocycles. The number of piperazine rings is 1. The fourth-order valence-corrected chi connectivity index (χ4v) is 3.35. The number of hydrogen-bond donors (Lipinski definition) is 1. The molecule has 7 nitrogen and oxygen atoms in total. The molecule has 0 radical (unpaired) electrons. The van der Waals surface area contributed by atoms with Gasteiger partial charge in [-0.15, -0.1) is 0 Å². The predicted octanol–water partition coefficient (Wildman–Crippen LogP) is 0.968. The van der Waals surface area contributed by atoms with Crippen LogP contribution in [0.1, 0.15) is 32.9 Å². The Morgan fingerprint density at radius 1 is 1.39 bits per heavy atom. The Morgan fingerprint density at radius 2 is 2.22 bits per heavy atom. The summed E-state index contributed by atoms with van der Waals surface area (Å²) >= 11 is 0. The van der Waals surface area contributed by atoms with E-state index in [1.54, 1.807) is 6.33 Å². The molecule has 2 atom stereocenters. The van der Waals surface area contributed by atoms with Crippen molar-refractivity contribution >= 4 is 11.6 Å². The lowest BCUT2D eigenvalue weighted by atomic mass is 10.1. The summed E-state index contributed by atoms with van der Waals surface area (Å²) in [5, 5.41) is 13.9. The Hall–Kier alpha value is -1.73. The van der Waals surface area contributed by atoms with E-state index in [-0.39, 0.29) is 6.10 Å². The topological polar surface area (TPSA) is 69.8 Å². The number of aryl methyl sites for hydroxylation is 1. The van der Waals surface area contributed by atoms with Crippen LogP contribution in [0.4, 0.5) is 5.82 Å². The minimum absolute atomic E-state index is 0.284. The van der Waals surface area contributed by atoms with Crippen molar-refractivity contribution in [3.05, 3.63) is 18.1 Å². The predicted molar refractivity (Wildman–Crippen MR) is 89.7 cm³/mol. The summed E-state index contributed by atoms with van der Waals surface area (Å²) in [4.78, 5) is 13.5. The lowest BCUT2D eigenvalue weighted by molar-refractivity contribution is 0.114. The Balaban J connectivity index is 1.86. The zero-order valence-electron chi connectivity index (χ0n) is 14.2. The number of β-amino-alcohol motifs (C(OH)–C–C–N with tert-alkyl or cyclic N) is 1. The van der Waals surface area contributed by atoms with Crippen LogP contribution in [0.15, 0.2) is 12.4 Å². The van der Waals surface area contributed by atoms with E-state index in [1.807, 2.05) is 11.4 Å². The molecule has 0 amide bonds. The molecule has 126 valence electrons. The van der Waals surface area contributed by atoms with Crippen molar-refractivity contribution in [3.63, 3.8) is 0 Å². The van der Waals surface area contributed by atoms with Gasteiger partial charge in [-0.1, -0.05) is 13.3 Å². The molecular weight excluding hydrogens is 292 g/mol. The van der Waals surface area contributed by atoms with Crippen molar-refractivity contribution in [1.29, 1.82) is 0 Å². The first-order chi connectivity index (χ1) is 11.1. The van der Waals surface area contributed by atoms with E-state index in [9.17, 15) is 5.11 Å². The van der Waals surface area contributed by atoms with Crippen molar-refractivity contribution in [1.82, 2.24) is 24.5 Å². The van der Waals surface area contributed by atoms with Gasteiger partial charge in [0.1, 0.15) is 12.1 Å². The summed E-state index contributed by atoms with van der Waals surface area (Å²) in [5.41, 5.74) is 1.07. The van der Waals surface area contributed by atoms with Crippen LogP contribution in [0.2, 0.25) is 0 Å². The van der Waals surface area contributed by atoms with Crippen molar-refractivity contribution in [2.24, 2.45) is 0 Å². The summed E-state index contributed by atoms with van der Waals surface area (Å²) in [5.74, 6) is 1.74. The second-order valence-electron chi connectivity index (χ2n) is 6.48. The number of rotatable bonds is 5. The van der Waals surface area contributed by atoms with Crippen LogP contribution in [0.3, 0.4) is 0 Å². The number of hydrogen-bond acceptors (Lipinski definition) is 6. The quantitative estimate of drug-likeness (QED) is 0.886. The van der Waals surface area contributed by atoms with Gasteiger partial charge in [-0.3, -0.25) is 4.90 Å². The average molecular weight is 318 g/mol. The van der Waals surface area contributed by atoms with E-state index >= 15 is 0 Å². The third kappa shape index (κ3) is 3.45. The van der Waals surface area contributed by atoms with Crippen LogP contribution < -0.4 is 4.90 Å². The summed E-state index contributed by atoms with van der Waals surface area (Å²) in [6, 6.07) is 2.50. The van der Waals surface area contributed by atoms with Gasteiger partial charge in [0.2, 0.25) is 0 Å². The second kappa shape index (κ2) is 6.80. The van der Waals surface area contributed by atoms with Gasteiger partial charge in [0.05, 0.1) is 6.10 Å². The van der Waals surface area contributed by atoms with Crippen molar-refractivity contribution in [2.45, 2.75) is 45.8 Å². The lowest BCUT2D eigenvalue weighted by Gasteiger charge is -2.41. The summed E-state index contributed by atoms with van der Waals surface area (Å²) in [6.07, 6.45) is 3.30. The van der Waals surface area contributed by atoms with Crippen molar-refractivity contribution in [2.75, 3.05) is 31.1 Å². The maximum atomic E-state index is 9.60. The Morgan fingerprint density at radius 3 is 2.91 bits per heavy atom. The van der Waals surface area contributed by atoms with Gasteiger partial charge in [0.15, 0.2) is 0 Å². The molecule has 3 rings (SSSR count). The molecule has 2 aromatic rings. The molecule has 0 saturated carbocycles. The highest BCUT2D eigenvalue weighted by Crippen LogP contribution is 2.22. The van der Waals surface area contributed by atoms with Crippen LogP contribution >= 0.6 is 0 Å². The molecule has 23 heavy (non-hydrogen) atoms. The highest BCUT2D eigenvalue weighted by atomic mass is 16.3. The molecule has 2 aromatic heterocycles. The van der Waals surface area contributed by atoms with Gasteiger partial charge in [-0.05, 0) is 20.3 Å². The molecule has 1 aliphatic rings. The first kappa shape index (κ1) is 16.1. The molecule has 2 unspecified atom stereocenters. The van der Waals surface area contributed by atoms with E-state index < -0.39 is 0 Å². The molecule has 0 spiro atoms. The highest BCUT2D eigenvalue weighted by Gasteiger charge is 2.26. The van der Waals surface area contributed by atoms with Crippen molar-refractivity contribution in [3.8, 4) is 0 Å². The second-order valence-corrected chi connectivity index (χ2v) is 6.48. The van der Waals surface area contributed by atoms with Crippen LogP contribution in [-0.4, -0.2) is 67.9 Å². The first-order valence-electron chi connectivity index (χ1n) is 8.45. The maximum absolute atomic E-state index is 9.60. The molecule has 0 aromatic carbocycles. The highest BCUT2D eigenvalue weighted by molar-refractivity contribution is 5.48. The van der Waals surface area contributed by atoms with E-state index in [4.69, 9.17) is 0 Å². The number of nitrogens with zero attached hydrogens (tertiary/aromatic N) is 6. The number of aliphatic hydroxyl groups is 1. The van der Waals surface area contributed by atoms with E-state index in [0.717, 1.165) is 50.5 Å². The van der Waals surface area contributed by atoms with E-state index in [1.165, 1.54) is 0 Å². The first-order valence-corrected chi connectivity index (χ1v) is 8.45. The summed E-state index contributed by atoms with van der Waals surface area (Å²) in [6.45, 7) is 9.75. The molecule has 1 saturated heterocycles. The lowest BCUT2D eigenvalue weighted by Crippen LogP contribution is -2.53. The van der Waals surface area contributed by atoms with Gasteiger partial charge >= 0.3 is 0 Å².